The summed E-state index contributed by atoms with van der Waals surface area (Å²) in [6, 6.07) is 11.1. The van der Waals surface area contributed by atoms with E-state index in [-0.39, 0.29) is 0 Å². The predicted octanol–water partition coefficient (Wildman–Crippen LogP) is 5.40. The maximum absolute atomic E-state index is 2.35. The van der Waals surface area contributed by atoms with Crippen LogP contribution >= 0.6 is 0 Å². The molecule has 1 unspecified atom stereocenters. The summed E-state index contributed by atoms with van der Waals surface area (Å²) in [4.78, 5) is 0. The lowest BCUT2D eigenvalue weighted by Gasteiger charge is -2.33. The van der Waals surface area contributed by atoms with Gasteiger partial charge in [-0.2, -0.15) is 0 Å². The van der Waals surface area contributed by atoms with Gasteiger partial charge in [0.2, 0.25) is 0 Å². The molecular weight excluding hydrogens is 204 g/mol. The van der Waals surface area contributed by atoms with Gasteiger partial charge in [0.05, 0.1) is 0 Å². The number of benzene rings is 1. The van der Waals surface area contributed by atoms with Crippen LogP contribution in [-0.4, -0.2) is 0 Å². The molecule has 0 radical (unpaired) electrons. The molecule has 0 heterocycles. The van der Waals surface area contributed by atoms with Crippen LogP contribution in [0, 0.1) is 11.8 Å². The van der Waals surface area contributed by atoms with E-state index in [9.17, 15) is 0 Å². The summed E-state index contributed by atoms with van der Waals surface area (Å²) in [5.74, 6) is 2.75. The molecule has 1 aromatic rings. The van der Waals surface area contributed by atoms with Crippen LogP contribution in [0.15, 0.2) is 30.3 Å². The fraction of sp³-hybridized carbons (Fsp3) is 0.647. The van der Waals surface area contributed by atoms with Crippen LogP contribution in [0.2, 0.25) is 0 Å². The lowest BCUT2D eigenvalue weighted by molar-refractivity contribution is 0.235. The van der Waals surface area contributed by atoms with E-state index < -0.39 is 0 Å². The van der Waals surface area contributed by atoms with E-state index in [0.717, 1.165) is 17.8 Å². The molecule has 1 saturated carbocycles. The zero-order chi connectivity index (χ0) is 12.1. The standard InChI is InChI=1S/C17H26/c1-3-14-10-12-16(13-11-14)17(4-2)15-8-6-5-7-9-15/h5-9,14,16-17H,3-4,10-13H2,1-2H3/t14-,16-,17?. The molecule has 0 N–H and O–H groups in total. The molecule has 1 aromatic carbocycles. The number of hydrogen-bond acceptors (Lipinski definition) is 0. The highest BCUT2D eigenvalue weighted by atomic mass is 14.3. The quantitative estimate of drug-likeness (QED) is 0.650. The van der Waals surface area contributed by atoms with E-state index in [0.29, 0.717) is 0 Å². The first kappa shape index (κ1) is 12.7. The maximum atomic E-state index is 2.35. The van der Waals surface area contributed by atoms with E-state index in [2.05, 4.69) is 44.2 Å². The molecular formula is C17H26. The van der Waals surface area contributed by atoms with Gasteiger partial charge >= 0.3 is 0 Å². The Labute approximate surface area is 106 Å². The van der Waals surface area contributed by atoms with Gasteiger partial charge in [-0.1, -0.05) is 63.4 Å². The molecule has 1 aliphatic carbocycles. The lowest BCUT2D eigenvalue weighted by Crippen LogP contribution is -2.20. The summed E-state index contributed by atoms with van der Waals surface area (Å²) in [7, 11) is 0. The molecule has 94 valence electrons. The zero-order valence-corrected chi connectivity index (χ0v) is 11.4. The van der Waals surface area contributed by atoms with Crippen LogP contribution in [-0.2, 0) is 0 Å². The molecule has 2 rings (SSSR count). The van der Waals surface area contributed by atoms with Crippen molar-refractivity contribution < 1.29 is 0 Å². The van der Waals surface area contributed by atoms with Crippen molar-refractivity contribution in [3.05, 3.63) is 35.9 Å². The van der Waals surface area contributed by atoms with E-state index in [4.69, 9.17) is 0 Å². The zero-order valence-electron chi connectivity index (χ0n) is 11.4. The molecule has 0 aliphatic heterocycles. The van der Waals surface area contributed by atoms with Crippen LogP contribution < -0.4 is 0 Å². The summed E-state index contributed by atoms with van der Waals surface area (Å²) >= 11 is 0. The smallest absolute Gasteiger partial charge is 0.0136 e. The van der Waals surface area contributed by atoms with Gasteiger partial charge in [0.25, 0.3) is 0 Å². The average Bonchev–Trinajstić information content (AvgIpc) is 2.42. The molecule has 0 nitrogen and oxygen atoms in total. The van der Waals surface area contributed by atoms with Gasteiger partial charge in [0.1, 0.15) is 0 Å². The first-order valence-corrected chi connectivity index (χ1v) is 7.40. The lowest BCUT2D eigenvalue weighted by atomic mass is 9.72. The summed E-state index contributed by atoms with van der Waals surface area (Å²) in [6.45, 7) is 4.70. The number of rotatable bonds is 4. The molecule has 0 spiro atoms. The molecule has 1 atom stereocenters. The minimum absolute atomic E-state index is 0.800. The highest BCUT2D eigenvalue weighted by Crippen LogP contribution is 2.40. The fourth-order valence-corrected chi connectivity index (χ4v) is 3.54. The van der Waals surface area contributed by atoms with Crippen molar-refractivity contribution in [2.75, 3.05) is 0 Å². The third-order valence-electron chi connectivity index (χ3n) is 4.71. The summed E-state index contributed by atoms with van der Waals surface area (Å²) in [5, 5.41) is 0. The molecule has 0 bridgehead atoms. The Bertz CT molecular complexity index is 306. The Balaban J connectivity index is 2.00. The molecule has 0 saturated heterocycles. The SMILES string of the molecule is CCC(c1ccccc1)[C@H]1CC[C@H](CC)CC1. The van der Waals surface area contributed by atoms with Crippen LogP contribution in [0.25, 0.3) is 0 Å². The summed E-state index contributed by atoms with van der Waals surface area (Å²) in [5.41, 5.74) is 1.56. The Morgan fingerprint density at radius 3 is 2.18 bits per heavy atom. The third-order valence-corrected chi connectivity index (χ3v) is 4.71. The largest absolute Gasteiger partial charge is 0.0651 e. The van der Waals surface area contributed by atoms with Gasteiger partial charge in [-0.05, 0) is 42.6 Å². The van der Waals surface area contributed by atoms with Gasteiger partial charge in [-0.3, -0.25) is 0 Å². The van der Waals surface area contributed by atoms with Crippen LogP contribution in [0.1, 0.15) is 63.9 Å². The van der Waals surface area contributed by atoms with Gasteiger partial charge in [-0.15, -0.1) is 0 Å². The molecule has 17 heavy (non-hydrogen) atoms. The molecule has 0 heteroatoms. The monoisotopic (exact) mass is 230 g/mol. The predicted molar refractivity (Wildman–Crippen MR) is 75.2 cm³/mol. The van der Waals surface area contributed by atoms with Crippen molar-refractivity contribution in [3.63, 3.8) is 0 Å². The molecule has 0 aromatic heterocycles. The third kappa shape index (κ3) is 3.12. The van der Waals surface area contributed by atoms with E-state index in [1.807, 2.05) is 0 Å². The maximum Gasteiger partial charge on any atom is -0.0136 e. The van der Waals surface area contributed by atoms with Crippen LogP contribution in [0.4, 0.5) is 0 Å². The van der Waals surface area contributed by atoms with Crippen molar-refractivity contribution in [1.29, 1.82) is 0 Å². The van der Waals surface area contributed by atoms with Gasteiger partial charge in [0.15, 0.2) is 0 Å². The second kappa shape index (κ2) is 6.23. The normalized spacial score (nSPS) is 26.7. The van der Waals surface area contributed by atoms with Gasteiger partial charge < -0.3 is 0 Å². The highest BCUT2D eigenvalue weighted by molar-refractivity contribution is 5.20. The summed E-state index contributed by atoms with van der Waals surface area (Å²) in [6.07, 6.45) is 8.51. The average molecular weight is 230 g/mol. The topological polar surface area (TPSA) is 0 Å². The van der Waals surface area contributed by atoms with Gasteiger partial charge in [0, 0.05) is 0 Å². The molecule has 0 amide bonds. The van der Waals surface area contributed by atoms with Crippen molar-refractivity contribution in [2.45, 2.75) is 58.3 Å². The van der Waals surface area contributed by atoms with Crippen molar-refractivity contribution in [2.24, 2.45) is 11.8 Å². The number of hydrogen-bond donors (Lipinski definition) is 0. The van der Waals surface area contributed by atoms with E-state index in [1.54, 1.807) is 5.56 Å². The van der Waals surface area contributed by atoms with Crippen LogP contribution in [0.3, 0.4) is 0 Å². The second-order valence-corrected chi connectivity index (χ2v) is 5.61. The minimum Gasteiger partial charge on any atom is -0.0651 e. The Morgan fingerprint density at radius 1 is 1.00 bits per heavy atom. The van der Waals surface area contributed by atoms with E-state index >= 15 is 0 Å². The van der Waals surface area contributed by atoms with E-state index in [1.165, 1.54) is 38.5 Å². The molecule has 1 fully saturated rings. The Kier molecular flexibility index (Phi) is 4.65. The first-order chi connectivity index (χ1) is 8.35. The van der Waals surface area contributed by atoms with Crippen molar-refractivity contribution >= 4 is 0 Å². The Morgan fingerprint density at radius 2 is 1.65 bits per heavy atom. The van der Waals surface area contributed by atoms with Crippen molar-refractivity contribution in [3.8, 4) is 0 Å². The molecule has 1 aliphatic rings. The second-order valence-electron chi connectivity index (χ2n) is 5.61. The first-order valence-electron chi connectivity index (χ1n) is 7.40. The van der Waals surface area contributed by atoms with Crippen LogP contribution in [0.5, 0.6) is 0 Å². The van der Waals surface area contributed by atoms with Crippen molar-refractivity contribution in [1.82, 2.24) is 0 Å². The Hall–Kier alpha value is -0.780. The highest BCUT2D eigenvalue weighted by Gasteiger charge is 2.26. The minimum atomic E-state index is 0.800. The fourth-order valence-electron chi connectivity index (χ4n) is 3.54. The summed E-state index contributed by atoms with van der Waals surface area (Å²) < 4.78 is 0. The van der Waals surface area contributed by atoms with Gasteiger partial charge in [-0.25, -0.2) is 0 Å².